The fourth-order valence-electron chi connectivity index (χ4n) is 10.7. The van der Waals surface area contributed by atoms with Gasteiger partial charge in [-0.05, 0) is 61.4 Å². The number of aliphatic hydroxyl groups is 2. The smallest absolute Gasteiger partial charge is 0.330 e. The molecule has 9 aromatic rings. The zero-order chi connectivity index (χ0) is 59.7. The highest BCUT2D eigenvalue weighted by Gasteiger charge is 2.40. The third-order valence-electron chi connectivity index (χ3n) is 15.2. The van der Waals surface area contributed by atoms with Gasteiger partial charge in [-0.15, -0.1) is 10.2 Å². The topological polar surface area (TPSA) is 314 Å². The molecule has 24 nitrogen and oxygen atoms in total. The Balaban J connectivity index is 0.000000142. The highest BCUT2D eigenvalue weighted by Crippen LogP contribution is 2.44. The standard InChI is InChI=1S/C23H21N3O3.C20H23N5O4.C18H19N5O4/c1-15-14-26(23(29)25-21(15)27)13-7-6-12-24-22(28)20-18-10-4-2-8-16(18)17-9-3-5-11-19(17)20;1-13-10-24(20(28)21-19(13)27)18-9-16(17(12-26)29-18)25-11-15(22-23-25)8-7-14-5-3-2-4-6-14;1-11-8-22(18(26)19-17(11)25)16-7-14(15(10-24)27-16)23-9-13(20-21-23)12-5-3-2-4-6-12/h2-11,14,20H,12-13H2,1H3,(H,24,28)(H,25,27,29);2-6,10-11,16-18,26H,7-9,12H2,1H3,(H,21,27,28);2-6,8-9,14-16,24H,7,10H2,1H3,(H,19,25,26)/b7-6-;;/t;16-,17+,18?;14-,15+,16?/m.00/s1. The number of hydrogen-bond donors (Lipinski definition) is 6. The molecule has 1 aliphatic carbocycles. The number of ether oxygens (including phenoxy) is 2. The van der Waals surface area contributed by atoms with Gasteiger partial charge in [-0.1, -0.05) is 132 Å². The summed E-state index contributed by atoms with van der Waals surface area (Å²) in [6, 6.07) is 35.2. The lowest BCUT2D eigenvalue weighted by Crippen LogP contribution is -2.33. The van der Waals surface area contributed by atoms with E-state index in [1.807, 2.05) is 103 Å². The van der Waals surface area contributed by atoms with E-state index in [9.17, 15) is 43.8 Å². The molecule has 438 valence electrons. The van der Waals surface area contributed by atoms with Crippen molar-refractivity contribution in [2.45, 2.75) is 95.7 Å². The van der Waals surface area contributed by atoms with E-state index >= 15 is 0 Å². The predicted molar refractivity (Wildman–Crippen MR) is 313 cm³/mol. The summed E-state index contributed by atoms with van der Waals surface area (Å²) in [7, 11) is 0. The van der Waals surface area contributed by atoms with Crippen LogP contribution in [0.25, 0.3) is 22.4 Å². The van der Waals surface area contributed by atoms with Gasteiger partial charge >= 0.3 is 17.1 Å². The average Bonchev–Trinajstić information content (AvgIpc) is 3.27. The van der Waals surface area contributed by atoms with Crippen molar-refractivity contribution < 1.29 is 24.5 Å². The Labute approximate surface area is 484 Å². The summed E-state index contributed by atoms with van der Waals surface area (Å²) >= 11 is 0. The molecule has 2 saturated heterocycles. The van der Waals surface area contributed by atoms with Crippen molar-refractivity contribution in [3.05, 3.63) is 254 Å². The van der Waals surface area contributed by atoms with E-state index in [1.54, 1.807) is 48.5 Å². The second-order valence-electron chi connectivity index (χ2n) is 20.9. The first-order valence-electron chi connectivity index (χ1n) is 27.7. The number of benzene rings is 4. The number of nitrogens with zero attached hydrogens (tertiary/aromatic N) is 9. The number of rotatable bonds is 15. The lowest BCUT2D eigenvalue weighted by molar-refractivity contribution is -0.121. The van der Waals surface area contributed by atoms with Gasteiger partial charge in [0.05, 0.1) is 43.1 Å². The molecular weight excluding hydrogens is 1090 g/mol. The van der Waals surface area contributed by atoms with E-state index in [2.05, 4.69) is 53.0 Å². The van der Waals surface area contributed by atoms with Gasteiger partial charge in [0, 0.05) is 73.0 Å². The third-order valence-corrected chi connectivity index (χ3v) is 15.2. The van der Waals surface area contributed by atoms with Crippen LogP contribution in [0.1, 0.15) is 82.4 Å². The van der Waals surface area contributed by atoms with Crippen molar-refractivity contribution in [3.8, 4) is 22.4 Å². The maximum absolute atomic E-state index is 12.9. The number of aliphatic hydroxyl groups excluding tert-OH is 2. The van der Waals surface area contributed by atoms with Crippen molar-refractivity contribution in [1.82, 2.24) is 64.0 Å². The summed E-state index contributed by atoms with van der Waals surface area (Å²) < 4.78 is 19.2. The number of nitrogens with one attached hydrogen (secondary N) is 4. The van der Waals surface area contributed by atoms with Crippen molar-refractivity contribution >= 4 is 5.91 Å². The second-order valence-corrected chi connectivity index (χ2v) is 20.9. The Morgan fingerprint density at radius 1 is 0.588 bits per heavy atom. The van der Waals surface area contributed by atoms with Crippen LogP contribution in [0.5, 0.6) is 0 Å². The maximum atomic E-state index is 12.9. The van der Waals surface area contributed by atoms with Gasteiger partial charge in [0.25, 0.3) is 16.7 Å². The summed E-state index contributed by atoms with van der Waals surface area (Å²) in [5, 5.41) is 39.3. The minimum Gasteiger partial charge on any atom is -0.394 e. The van der Waals surface area contributed by atoms with E-state index in [4.69, 9.17) is 9.47 Å². The van der Waals surface area contributed by atoms with Gasteiger partial charge < -0.3 is 25.0 Å². The Bertz CT molecular complexity index is 4170. The van der Waals surface area contributed by atoms with Gasteiger partial charge in [-0.25, -0.2) is 23.7 Å². The molecule has 85 heavy (non-hydrogen) atoms. The van der Waals surface area contributed by atoms with Crippen molar-refractivity contribution in [1.29, 1.82) is 0 Å². The lowest BCUT2D eigenvalue weighted by atomic mass is 9.96. The molecule has 4 aromatic carbocycles. The molecule has 7 heterocycles. The van der Waals surface area contributed by atoms with Gasteiger partial charge in [-0.2, -0.15) is 0 Å². The van der Waals surface area contributed by atoms with E-state index in [-0.39, 0.29) is 42.7 Å². The fourth-order valence-corrected chi connectivity index (χ4v) is 10.7. The number of allylic oxidation sites excluding steroid dienone is 1. The Hall–Kier alpha value is -9.75. The summed E-state index contributed by atoms with van der Waals surface area (Å²) in [5.41, 5.74) is 6.54. The molecule has 0 spiro atoms. The molecule has 24 heteroatoms. The number of aromatic nitrogens is 12. The largest absolute Gasteiger partial charge is 0.394 e. The molecule has 2 aliphatic heterocycles. The zero-order valence-electron chi connectivity index (χ0n) is 46.7. The fraction of sp³-hybridized carbons (Fsp3) is 0.295. The van der Waals surface area contributed by atoms with Crippen LogP contribution in [0.2, 0.25) is 0 Å². The van der Waals surface area contributed by atoms with Gasteiger partial charge in [0.15, 0.2) is 0 Å². The second kappa shape index (κ2) is 26.2. The maximum Gasteiger partial charge on any atom is 0.330 e. The summed E-state index contributed by atoms with van der Waals surface area (Å²) in [4.78, 5) is 90.4. The molecule has 0 radical (unpaired) electrons. The monoisotopic (exact) mass is 1150 g/mol. The number of carbonyl (C=O) groups is 1. The molecule has 5 aromatic heterocycles. The molecule has 1 amide bonds. The Morgan fingerprint density at radius 3 is 1.65 bits per heavy atom. The lowest BCUT2D eigenvalue weighted by Gasteiger charge is -2.15. The van der Waals surface area contributed by atoms with Crippen LogP contribution in [-0.2, 0) is 33.7 Å². The molecule has 2 unspecified atom stereocenters. The molecule has 6 atom stereocenters. The summed E-state index contributed by atoms with van der Waals surface area (Å²) in [5.74, 6) is -0.371. The van der Waals surface area contributed by atoms with Crippen LogP contribution >= 0.6 is 0 Å². The summed E-state index contributed by atoms with van der Waals surface area (Å²) in [6.07, 6.45) is 11.9. The molecular formula is C61H63N13O11. The van der Waals surface area contributed by atoms with Gasteiger partial charge in [0.2, 0.25) is 5.91 Å². The molecule has 6 N–H and O–H groups in total. The van der Waals surface area contributed by atoms with E-state index in [0.717, 1.165) is 46.4 Å². The molecule has 0 bridgehead atoms. The van der Waals surface area contributed by atoms with Gasteiger partial charge in [0.1, 0.15) is 30.4 Å². The minimum atomic E-state index is -0.612. The number of H-pyrrole nitrogens is 3. The quantitative estimate of drug-likeness (QED) is 0.0798. The number of amides is 1. The molecule has 2 fully saturated rings. The first kappa shape index (κ1) is 58.4. The van der Waals surface area contributed by atoms with Crippen LogP contribution in [-0.4, -0.2) is 107 Å². The van der Waals surface area contributed by atoms with Crippen LogP contribution in [0.15, 0.2) is 181 Å². The van der Waals surface area contributed by atoms with Crippen LogP contribution in [0.3, 0.4) is 0 Å². The SMILES string of the molecule is Cc1cn(C/C=C\CNC(=O)C2c3ccccc3-c3ccccc32)c(=O)[nH]c1=O.Cc1cn(C2C[C@H](n3cc(-c4ccccc4)nn3)[C@@H](CO)O2)c(=O)[nH]c1=O.Cc1cn(C2C[C@H](n3cc(CCc4ccccc4)nn3)[C@@H](CO)O2)c(=O)[nH]c1=O. The third kappa shape index (κ3) is 13.2. The summed E-state index contributed by atoms with van der Waals surface area (Å²) in [6.45, 7) is 5.14. The highest BCUT2D eigenvalue weighted by molar-refractivity contribution is 5.96. The Morgan fingerprint density at radius 2 is 1.08 bits per heavy atom. The number of hydrogen-bond acceptors (Lipinski definition) is 15. The normalized spacial score (nSPS) is 18.7. The van der Waals surface area contributed by atoms with Crippen molar-refractivity contribution in [3.63, 3.8) is 0 Å². The van der Waals surface area contributed by atoms with Crippen LogP contribution in [0.4, 0.5) is 0 Å². The van der Waals surface area contributed by atoms with Crippen molar-refractivity contribution in [2.24, 2.45) is 0 Å². The van der Waals surface area contributed by atoms with E-state index in [0.29, 0.717) is 48.3 Å². The molecule has 0 saturated carbocycles. The minimum absolute atomic E-state index is 0.0518. The first-order chi connectivity index (χ1) is 41.2. The van der Waals surface area contributed by atoms with Gasteiger partial charge in [-0.3, -0.25) is 47.8 Å². The Kier molecular flexibility index (Phi) is 18.0. The average molecular weight is 1150 g/mol. The number of aromatic amines is 3. The van der Waals surface area contributed by atoms with E-state index in [1.165, 1.54) is 37.9 Å². The zero-order valence-corrected chi connectivity index (χ0v) is 46.7. The molecule has 12 rings (SSSR count). The molecule has 3 aliphatic rings. The van der Waals surface area contributed by atoms with E-state index < -0.39 is 52.9 Å². The van der Waals surface area contributed by atoms with Crippen molar-refractivity contribution in [2.75, 3.05) is 19.8 Å². The number of carbonyl (C=O) groups excluding carboxylic acids is 1. The number of fused-ring (bicyclic) bond motifs is 3. The first-order valence-corrected chi connectivity index (χ1v) is 27.7. The van der Waals surface area contributed by atoms with Crippen LogP contribution in [0, 0.1) is 20.8 Å². The number of aryl methyl sites for hydroxylation is 5. The highest BCUT2D eigenvalue weighted by atomic mass is 16.5. The van der Waals surface area contributed by atoms with Crippen LogP contribution < -0.4 is 39.1 Å². The predicted octanol–water partition coefficient (Wildman–Crippen LogP) is 3.70.